The minimum absolute atomic E-state index is 0.0342. The van der Waals surface area contributed by atoms with E-state index < -0.39 is 0 Å². The van der Waals surface area contributed by atoms with Crippen LogP contribution in [0.5, 0.6) is 0 Å². The van der Waals surface area contributed by atoms with Crippen molar-refractivity contribution in [2.24, 2.45) is 12.0 Å². The van der Waals surface area contributed by atoms with Crippen LogP contribution in [0.15, 0.2) is 72.0 Å². The van der Waals surface area contributed by atoms with Gasteiger partial charge in [0.1, 0.15) is 6.54 Å². The number of hydrogen-bond acceptors (Lipinski definition) is 4. The van der Waals surface area contributed by atoms with Crippen molar-refractivity contribution in [3.8, 4) is 0 Å². The highest BCUT2D eigenvalue weighted by atomic mass is 16.5. The summed E-state index contributed by atoms with van der Waals surface area (Å²) in [5.41, 5.74) is 4.26. The normalized spacial score (nSPS) is 14.6. The summed E-state index contributed by atoms with van der Waals surface area (Å²) < 4.78 is 7.64. The zero-order valence-corrected chi connectivity index (χ0v) is 19.1. The van der Waals surface area contributed by atoms with Crippen molar-refractivity contribution >= 4 is 17.6 Å². The van der Waals surface area contributed by atoms with Gasteiger partial charge in [0.15, 0.2) is 5.96 Å². The Morgan fingerprint density at radius 2 is 1.82 bits per heavy atom. The molecule has 0 radical (unpaired) electrons. The highest BCUT2D eigenvalue weighted by molar-refractivity contribution is 5.98. The third-order valence-corrected chi connectivity index (χ3v) is 5.66. The molecule has 1 fully saturated rings. The number of anilines is 1. The molecule has 8 nitrogen and oxygen atoms in total. The van der Waals surface area contributed by atoms with Crippen molar-refractivity contribution < 1.29 is 9.53 Å². The van der Waals surface area contributed by atoms with E-state index in [1.54, 1.807) is 22.8 Å². The smallest absolute Gasteiger partial charge is 0.246 e. The van der Waals surface area contributed by atoms with Crippen molar-refractivity contribution in [3.63, 3.8) is 0 Å². The Morgan fingerprint density at radius 3 is 2.52 bits per heavy atom. The van der Waals surface area contributed by atoms with E-state index in [2.05, 4.69) is 39.7 Å². The van der Waals surface area contributed by atoms with Crippen LogP contribution in [0.25, 0.3) is 0 Å². The van der Waals surface area contributed by atoms with E-state index in [0.29, 0.717) is 38.8 Å². The molecule has 3 aromatic rings. The molecule has 0 aliphatic carbocycles. The summed E-state index contributed by atoms with van der Waals surface area (Å²) in [6.07, 6.45) is 3.58. The SMILES string of the molecule is CN=C(NCc1ccccc1COCc1ccccc1)N1CCN(c2cnn(C)c2)C(=O)C1. The van der Waals surface area contributed by atoms with Crippen molar-refractivity contribution in [3.05, 3.63) is 83.7 Å². The molecule has 0 atom stereocenters. The van der Waals surface area contributed by atoms with Crippen molar-refractivity contribution in [1.29, 1.82) is 0 Å². The average molecular weight is 447 g/mol. The van der Waals surface area contributed by atoms with E-state index in [9.17, 15) is 4.79 Å². The van der Waals surface area contributed by atoms with Crippen molar-refractivity contribution in [2.45, 2.75) is 19.8 Å². The number of hydrogen-bond donors (Lipinski definition) is 1. The summed E-state index contributed by atoms with van der Waals surface area (Å²) in [4.78, 5) is 20.9. The number of carbonyl (C=O) groups is 1. The molecular formula is C25H30N6O2. The molecule has 1 saturated heterocycles. The molecule has 2 heterocycles. The Balaban J connectivity index is 1.32. The number of aryl methyl sites for hydroxylation is 1. The number of amides is 1. The molecule has 4 rings (SSSR count). The lowest BCUT2D eigenvalue weighted by Crippen LogP contribution is -2.55. The van der Waals surface area contributed by atoms with Gasteiger partial charge in [0.05, 0.1) is 25.1 Å². The quantitative estimate of drug-likeness (QED) is 0.446. The molecule has 172 valence electrons. The number of piperazine rings is 1. The van der Waals surface area contributed by atoms with E-state index in [1.165, 1.54) is 0 Å². The van der Waals surface area contributed by atoms with E-state index in [0.717, 1.165) is 22.4 Å². The lowest BCUT2D eigenvalue weighted by Gasteiger charge is -2.35. The van der Waals surface area contributed by atoms with Gasteiger partial charge >= 0.3 is 0 Å². The number of nitrogens with zero attached hydrogens (tertiary/aromatic N) is 5. The first kappa shape index (κ1) is 22.5. The van der Waals surface area contributed by atoms with Crippen LogP contribution in [0.2, 0.25) is 0 Å². The average Bonchev–Trinajstić information content (AvgIpc) is 3.27. The van der Waals surface area contributed by atoms with Crippen LogP contribution >= 0.6 is 0 Å². The van der Waals surface area contributed by atoms with Crippen LogP contribution in [0.4, 0.5) is 5.69 Å². The van der Waals surface area contributed by atoms with Crippen LogP contribution < -0.4 is 10.2 Å². The Kier molecular flexibility index (Phi) is 7.36. The fourth-order valence-electron chi connectivity index (χ4n) is 3.91. The molecule has 2 aromatic carbocycles. The van der Waals surface area contributed by atoms with Crippen LogP contribution in [0, 0.1) is 0 Å². The van der Waals surface area contributed by atoms with Gasteiger partial charge in [0.2, 0.25) is 5.91 Å². The molecule has 1 aliphatic rings. The standard InChI is InChI=1S/C25H30N6O2/c1-26-25(30-12-13-31(24(32)17-30)23-15-28-29(2)16-23)27-14-21-10-6-7-11-22(21)19-33-18-20-8-4-3-5-9-20/h3-11,15-16H,12-14,17-19H2,1-2H3,(H,26,27). The Bertz CT molecular complexity index is 1100. The molecule has 0 spiro atoms. The van der Waals surface area contributed by atoms with Crippen LogP contribution in [-0.4, -0.2) is 53.2 Å². The minimum atomic E-state index is 0.0342. The Labute approximate surface area is 194 Å². The topological polar surface area (TPSA) is 75.0 Å². The lowest BCUT2D eigenvalue weighted by atomic mass is 10.1. The molecule has 1 aliphatic heterocycles. The number of aromatic nitrogens is 2. The largest absolute Gasteiger partial charge is 0.372 e. The molecule has 33 heavy (non-hydrogen) atoms. The van der Waals surface area contributed by atoms with Crippen molar-refractivity contribution in [1.82, 2.24) is 20.0 Å². The minimum Gasteiger partial charge on any atom is -0.372 e. The maximum absolute atomic E-state index is 12.7. The molecule has 1 amide bonds. The Hall–Kier alpha value is -3.65. The predicted molar refractivity (Wildman–Crippen MR) is 129 cm³/mol. The second-order valence-electron chi connectivity index (χ2n) is 7.99. The van der Waals surface area contributed by atoms with E-state index in [4.69, 9.17) is 4.74 Å². The molecule has 0 saturated carbocycles. The molecule has 0 unspecified atom stereocenters. The number of carbonyl (C=O) groups excluding carboxylic acids is 1. The first-order valence-corrected chi connectivity index (χ1v) is 11.1. The highest BCUT2D eigenvalue weighted by Crippen LogP contribution is 2.16. The van der Waals surface area contributed by atoms with E-state index >= 15 is 0 Å². The summed E-state index contributed by atoms with van der Waals surface area (Å²) in [6.45, 7) is 3.28. The van der Waals surface area contributed by atoms with Crippen molar-refractivity contribution in [2.75, 3.05) is 31.6 Å². The van der Waals surface area contributed by atoms with Gasteiger partial charge in [-0.25, -0.2) is 0 Å². The van der Waals surface area contributed by atoms with Gasteiger partial charge in [-0.05, 0) is 16.7 Å². The van der Waals surface area contributed by atoms with E-state index in [-0.39, 0.29) is 12.5 Å². The number of nitrogens with one attached hydrogen (secondary N) is 1. The summed E-state index contributed by atoms with van der Waals surface area (Å²) in [6, 6.07) is 18.4. The summed E-state index contributed by atoms with van der Waals surface area (Å²) in [5.74, 6) is 0.751. The van der Waals surface area contributed by atoms with Gasteiger partial charge in [-0.15, -0.1) is 0 Å². The van der Waals surface area contributed by atoms with Crippen LogP contribution in [0.3, 0.4) is 0 Å². The number of guanidine groups is 1. The third-order valence-electron chi connectivity index (χ3n) is 5.66. The van der Waals surface area contributed by atoms with Gasteiger partial charge in [-0.1, -0.05) is 54.6 Å². The number of rotatable bonds is 7. The number of aliphatic imine (C=N–C) groups is 1. The maximum Gasteiger partial charge on any atom is 0.246 e. The predicted octanol–water partition coefficient (Wildman–Crippen LogP) is 2.56. The molecule has 1 aromatic heterocycles. The van der Waals surface area contributed by atoms with Gasteiger partial charge in [-0.2, -0.15) is 5.10 Å². The van der Waals surface area contributed by atoms with Crippen LogP contribution in [-0.2, 0) is 36.3 Å². The summed E-state index contributed by atoms with van der Waals surface area (Å²) in [7, 11) is 3.59. The molecular weight excluding hydrogens is 416 g/mol. The van der Waals surface area contributed by atoms with Gasteiger partial charge in [0, 0.05) is 39.9 Å². The maximum atomic E-state index is 12.7. The zero-order chi connectivity index (χ0) is 23.0. The van der Waals surface area contributed by atoms with Gasteiger partial charge in [-0.3, -0.25) is 14.5 Å². The van der Waals surface area contributed by atoms with Gasteiger partial charge < -0.3 is 19.9 Å². The first-order chi connectivity index (χ1) is 16.1. The fraction of sp³-hybridized carbons (Fsp3) is 0.320. The van der Waals surface area contributed by atoms with Gasteiger partial charge in [0.25, 0.3) is 0 Å². The van der Waals surface area contributed by atoms with Crippen LogP contribution in [0.1, 0.15) is 16.7 Å². The lowest BCUT2D eigenvalue weighted by molar-refractivity contribution is -0.120. The Morgan fingerprint density at radius 1 is 1.06 bits per heavy atom. The molecule has 0 bridgehead atoms. The first-order valence-electron chi connectivity index (χ1n) is 11.1. The second-order valence-corrected chi connectivity index (χ2v) is 7.99. The van der Waals surface area contributed by atoms with E-state index in [1.807, 2.05) is 48.5 Å². The second kappa shape index (κ2) is 10.8. The number of ether oxygens (including phenoxy) is 1. The fourth-order valence-corrected chi connectivity index (χ4v) is 3.91. The highest BCUT2D eigenvalue weighted by Gasteiger charge is 2.27. The number of benzene rings is 2. The summed E-state index contributed by atoms with van der Waals surface area (Å²) in [5, 5.41) is 7.59. The monoisotopic (exact) mass is 446 g/mol. The molecule has 8 heteroatoms. The molecule has 1 N–H and O–H groups in total. The third kappa shape index (κ3) is 5.78. The zero-order valence-electron chi connectivity index (χ0n) is 19.1. The summed E-state index contributed by atoms with van der Waals surface area (Å²) >= 11 is 0.